The summed E-state index contributed by atoms with van der Waals surface area (Å²) in [4.78, 5) is 14.8. The van der Waals surface area contributed by atoms with Crippen LogP contribution in [-0.2, 0) is 4.79 Å². The number of hydrogen-bond donors (Lipinski definition) is 2. The Morgan fingerprint density at radius 1 is 1.71 bits per heavy atom. The Hall–Kier alpha value is -2.09. The van der Waals surface area contributed by atoms with E-state index in [2.05, 4.69) is 10.3 Å². The van der Waals surface area contributed by atoms with Gasteiger partial charge < -0.3 is 10.4 Å². The molecule has 1 aliphatic rings. The number of carboxylic acid groups (broad SMARTS) is 1. The highest BCUT2D eigenvalue weighted by Crippen LogP contribution is 2.35. The van der Waals surface area contributed by atoms with Gasteiger partial charge in [-0.25, -0.2) is 4.98 Å². The van der Waals surface area contributed by atoms with E-state index >= 15 is 0 Å². The highest BCUT2D eigenvalue weighted by molar-refractivity contribution is 5.68. The molecule has 0 bridgehead atoms. The minimum Gasteiger partial charge on any atom is -0.481 e. The van der Waals surface area contributed by atoms with Gasteiger partial charge in [0.1, 0.15) is 5.82 Å². The van der Waals surface area contributed by atoms with E-state index < -0.39 is 5.97 Å². The molecule has 1 atom stereocenters. The summed E-state index contributed by atoms with van der Waals surface area (Å²) in [6.07, 6.45) is 3.75. The van der Waals surface area contributed by atoms with Crippen LogP contribution in [0.1, 0.15) is 24.8 Å². The lowest BCUT2D eigenvalue weighted by atomic mass is 10.1. The lowest BCUT2D eigenvalue weighted by molar-refractivity contribution is -0.137. The molecule has 0 aromatic carbocycles. The predicted octanol–water partition coefficient (Wildman–Crippen LogP) is 1.62. The van der Waals surface area contributed by atoms with Crippen LogP contribution in [0.5, 0.6) is 0 Å². The van der Waals surface area contributed by atoms with Gasteiger partial charge in [-0.2, -0.15) is 5.26 Å². The van der Waals surface area contributed by atoms with E-state index in [1.54, 1.807) is 18.3 Å². The van der Waals surface area contributed by atoms with E-state index in [0.29, 0.717) is 17.3 Å². The fraction of sp³-hybridized carbons (Fsp3) is 0.417. The summed E-state index contributed by atoms with van der Waals surface area (Å²) in [5, 5.41) is 20.7. The minimum absolute atomic E-state index is 0.0864. The number of nitrogens with one attached hydrogen (secondary N) is 1. The zero-order valence-electron chi connectivity index (χ0n) is 9.26. The normalized spacial score (nSPS) is 15.9. The van der Waals surface area contributed by atoms with Crippen LogP contribution >= 0.6 is 0 Å². The molecule has 5 nitrogen and oxygen atoms in total. The van der Waals surface area contributed by atoms with Gasteiger partial charge in [0.15, 0.2) is 0 Å². The zero-order chi connectivity index (χ0) is 12.3. The van der Waals surface area contributed by atoms with E-state index in [9.17, 15) is 4.79 Å². The summed E-state index contributed by atoms with van der Waals surface area (Å²) >= 11 is 0. The maximum Gasteiger partial charge on any atom is 0.305 e. The first-order valence-corrected chi connectivity index (χ1v) is 5.53. The van der Waals surface area contributed by atoms with E-state index in [1.807, 2.05) is 6.07 Å². The standard InChI is InChI=1S/C12H13N3O2/c13-7-8-3-4-14-11(5-8)15-10(6-12(16)17)9-1-2-9/h3-5,9-10H,1-2,6H2,(H,14,15)(H,16,17). The van der Waals surface area contributed by atoms with Crippen LogP contribution < -0.4 is 5.32 Å². The second kappa shape index (κ2) is 4.83. The average Bonchev–Trinajstić information content (AvgIpc) is 3.12. The van der Waals surface area contributed by atoms with Gasteiger partial charge in [-0.1, -0.05) is 0 Å². The summed E-state index contributed by atoms with van der Waals surface area (Å²) < 4.78 is 0. The van der Waals surface area contributed by atoms with Crippen LogP contribution in [0, 0.1) is 17.2 Å². The van der Waals surface area contributed by atoms with Gasteiger partial charge in [-0.15, -0.1) is 0 Å². The first-order valence-electron chi connectivity index (χ1n) is 5.53. The Balaban J connectivity index is 2.06. The molecule has 0 amide bonds. The highest BCUT2D eigenvalue weighted by atomic mass is 16.4. The van der Waals surface area contributed by atoms with E-state index in [4.69, 9.17) is 10.4 Å². The Morgan fingerprint density at radius 2 is 2.47 bits per heavy atom. The molecule has 1 saturated carbocycles. The van der Waals surface area contributed by atoms with Crippen molar-refractivity contribution in [3.63, 3.8) is 0 Å². The second-order valence-electron chi connectivity index (χ2n) is 4.23. The maximum atomic E-state index is 10.7. The molecule has 1 aromatic heterocycles. The Morgan fingerprint density at radius 3 is 3.06 bits per heavy atom. The molecule has 1 aromatic rings. The summed E-state index contributed by atoms with van der Waals surface area (Å²) in [5.41, 5.74) is 0.521. The van der Waals surface area contributed by atoms with Crippen molar-refractivity contribution >= 4 is 11.8 Å². The third-order valence-corrected chi connectivity index (χ3v) is 2.81. The van der Waals surface area contributed by atoms with E-state index in [1.165, 1.54) is 0 Å². The second-order valence-corrected chi connectivity index (χ2v) is 4.23. The number of aromatic nitrogens is 1. The number of carbonyl (C=O) groups is 1. The van der Waals surface area contributed by atoms with Gasteiger partial charge in [0, 0.05) is 12.2 Å². The molecular formula is C12H13N3O2. The van der Waals surface area contributed by atoms with Crippen molar-refractivity contribution in [2.45, 2.75) is 25.3 Å². The Labute approximate surface area is 99.1 Å². The molecule has 17 heavy (non-hydrogen) atoms. The van der Waals surface area contributed by atoms with Crippen molar-refractivity contribution in [3.05, 3.63) is 23.9 Å². The van der Waals surface area contributed by atoms with Crippen molar-refractivity contribution in [1.82, 2.24) is 4.98 Å². The molecule has 2 N–H and O–H groups in total. The molecular weight excluding hydrogens is 218 g/mol. The van der Waals surface area contributed by atoms with Gasteiger partial charge >= 0.3 is 5.97 Å². The molecule has 0 radical (unpaired) electrons. The lowest BCUT2D eigenvalue weighted by Gasteiger charge is -2.16. The maximum absolute atomic E-state index is 10.7. The first-order chi connectivity index (χ1) is 8.19. The SMILES string of the molecule is N#Cc1ccnc(NC(CC(=O)O)C2CC2)c1. The van der Waals surface area contributed by atoms with Crippen molar-refractivity contribution < 1.29 is 9.90 Å². The Kier molecular flexibility index (Phi) is 3.24. The van der Waals surface area contributed by atoms with Crippen molar-refractivity contribution in [2.24, 2.45) is 5.92 Å². The van der Waals surface area contributed by atoms with Crippen molar-refractivity contribution in [3.8, 4) is 6.07 Å². The molecule has 1 heterocycles. The average molecular weight is 231 g/mol. The monoisotopic (exact) mass is 231 g/mol. The molecule has 2 rings (SSSR count). The Bertz CT molecular complexity index is 463. The van der Waals surface area contributed by atoms with Crippen LogP contribution in [0.4, 0.5) is 5.82 Å². The number of nitrogens with zero attached hydrogens (tertiary/aromatic N) is 2. The number of pyridine rings is 1. The topological polar surface area (TPSA) is 86.0 Å². The van der Waals surface area contributed by atoms with E-state index in [-0.39, 0.29) is 12.5 Å². The quantitative estimate of drug-likeness (QED) is 0.804. The van der Waals surface area contributed by atoms with Gasteiger partial charge in [-0.3, -0.25) is 4.79 Å². The zero-order valence-corrected chi connectivity index (χ0v) is 9.26. The molecule has 1 aliphatic carbocycles. The van der Waals surface area contributed by atoms with Crippen molar-refractivity contribution in [2.75, 3.05) is 5.32 Å². The summed E-state index contributed by atoms with van der Waals surface area (Å²) in [5.74, 6) is 0.173. The van der Waals surface area contributed by atoms with Crippen LogP contribution in [-0.4, -0.2) is 22.1 Å². The van der Waals surface area contributed by atoms with Crippen LogP contribution in [0.3, 0.4) is 0 Å². The number of carboxylic acids is 1. The first kappa shape index (κ1) is 11.4. The third-order valence-electron chi connectivity index (χ3n) is 2.81. The molecule has 88 valence electrons. The van der Waals surface area contributed by atoms with Crippen LogP contribution in [0.15, 0.2) is 18.3 Å². The summed E-state index contributed by atoms with van der Waals surface area (Å²) in [7, 11) is 0. The summed E-state index contributed by atoms with van der Waals surface area (Å²) in [6, 6.07) is 5.20. The van der Waals surface area contributed by atoms with Gasteiger partial charge in [-0.05, 0) is 30.9 Å². The molecule has 5 heteroatoms. The van der Waals surface area contributed by atoms with Gasteiger partial charge in [0.2, 0.25) is 0 Å². The fourth-order valence-electron chi connectivity index (χ4n) is 1.79. The number of hydrogen-bond acceptors (Lipinski definition) is 4. The van der Waals surface area contributed by atoms with Gasteiger partial charge in [0.25, 0.3) is 0 Å². The molecule has 1 unspecified atom stereocenters. The smallest absolute Gasteiger partial charge is 0.305 e. The fourth-order valence-corrected chi connectivity index (χ4v) is 1.79. The predicted molar refractivity (Wildman–Crippen MR) is 61.3 cm³/mol. The third kappa shape index (κ3) is 3.18. The minimum atomic E-state index is -0.814. The summed E-state index contributed by atoms with van der Waals surface area (Å²) in [6.45, 7) is 0. The number of anilines is 1. The molecule has 0 spiro atoms. The molecule has 0 saturated heterocycles. The number of rotatable bonds is 5. The largest absolute Gasteiger partial charge is 0.481 e. The van der Waals surface area contributed by atoms with Crippen LogP contribution in [0.25, 0.3) is 0 Å². The number of aliphatic carboxylic acids is 1. The molecule has 1 fully saturated rings. The number of nitriles is 1. The van der Waals surface area contributed by atoms with Crippen LogP contribution in [0.2, 0.25) is 0 Å². The molecule has 0 aliphatic heterocycles. The lowest BCUT2D eigenvalue weighted by Crippen LogP contribution is -2.25. The highest BCUT2D eigenvalue weighted by Gasteiger charge is 2.32. The van der Waals surface area contributed by atoms with Crippen molar-refractivity contribution in [1.29, 1.82) is 5.26 Å². The van der Waals surface area contributed by atoms with E-state index in [0.717, 1.165) is 12.8 Å². The van der Waals surface area contributed by atoms with Gasteiger partial charge in [0.05, 0.1) is 18.1 Å².